The van der Waals surface area contributed by atoms with E-state index in [1.807, 2.05) is 0 Å². The molecular formula is C18H27ClN4O3. The molecule has 2 aliphatic rings. The van der Waals surface area contributed by atoms with Gasteiger partial charge in [-0.2, -0.15) is 0 Å². The number of amides is 1. The van der Waals surface area contributed by atoms with Gasteiger partial charge in [-0.25, -0.2) is 0 Å². The fourth-order valence-corrected chi connectivity index (χ4v) is 3.58. The van der Waals surface area contributed by atoms with Crippen LogP contribution in [0.4, 0.5) is 11.4 Å². The number of hydrogen-bond donors (Lipinski definition) is 2. The topological polar surface area (TPSA) is 87.5 Å². The summed E-state index contributed by atoms with van der Waals surface area (Å²) in [7, 11) is 0. The second-order valence-electron chi connectivity index (χ2n) is 7.13. The van der Waals surface area contributed by atoms with Crippen LogP contribution in [0.15, 0.2) is 18.2 Å². The van der Waals surface area contributed by atoms with E-state index in [1.165, 1.54) is 6.07 Å². The number of carbonyl (C=O) groups is 1. The lowest BCUT2D eigenvalue weighted by Crippen LogP contribution is -2.37. The van der Waals surface area contributed by atoms with Gasteiger partial charge in [-0.05, 0) is 50.3 Å². The molecule has 2 aliphatic heterocycles. The quantitative estimate of drug-likeness (QED) is 0.604. The van der Waals surface area contributed by atoms with Gasteiger partial charge in [0.1, 0.15) is 5.69 Å². The maximum absolute atomic E-state index is 12.3. The number of carbonyl (C=O) groups excluding carboxylic acids is 1. The highest BCUT2D eigenvalue weighted by molar-refractivity contribution is 5.95. The number of rotatable bonds is 5. The zero-order valence-electron chi connectivity index (χ0n) is 15.1. The van der Waals surface area contributed by atoms with E-state index in [9.17, 15) is 14.9 Å². The predicted molar refractivity (Wildman–Crippen MR) is 104 cm³/mol. The lowest BCUT2D eigenvalue weighted by molar-refractivity contribution is -0.384. The first kappa shape index (κ1) is 20.5. The van der Waals surface area contributed by atoms with Crippen molar-refractivity contribution >= 4 is 29.7 Å². The molecule has 7 nitrogen and oxygen atoms in total. The first-order valence-corrected chi connectivity index (χ1v) is 9.09. The zero-order chi connectivity index (χ0) is 17.8. The Labute approximate surface area is 160 Å². The van der Waals surface area contributed by atoms with Crippen molar-refractivity contribution in [2.24, 2.45) is 5.92 Å². The van der Waals surface area contributed by atoms with Gasteiger partial charge < -0.3 is 15.5 Å². The second-order valence-corrected chi connectivity index (χ2v) is 7.13. The van der Waals surface area contributed by atoms with Gasteiger partial charge in [0.05, 0.1) is 4.92 Å². The van der Waals surface area contributed by atoms with E-state index in [2.05, 4.69) is 22.5 Å². The molecule has 1 unspecified atom stereocenters. The molecule has 2 heterocycles. The Morgan fingerprint density at radius 1 is 1.35 bits per heavy atom. The molecule has 1 atom stereocenters. The normalized spacial score (nSPS) is 20.5. The lowest BCUT2D eigenvalue weighted by Gasteiger charge is -2.31. The summed E-state index contributed by atoms with van der Waals surface area (Å²) in [5.74, 6) is 0.403. The van der Waals surface area contributed by atoms with Crippen LogP contribution in [0, 0.1) is 16.0 Å². The Kier molecular flexibility index (Phi) is 7.23. The molecule has 0 aromatic heterocycles. The average molecular weight is 383 g/mol. The summed E-state index contributed by atoms with van der Waals surface area (Å²) in [6.45, 7) is 5.38. The van der Waals surface area contributed by atoms with E-state index in [4.69, 9.17) is 0 Å². The number of nitro benzene ring substituents is 1. The van der Waals surface area contributed by atoms with E-state index in [1.54, 1.807) is 12.1 Å². The van der Waals surface area contributed by atoms with E-state index >= 15 is 0 Å². The third kappa shape index (κ3) is 4.86. The van der Waals surface area contributed by atoms with Gasteiger partial charge in [-0.3, -0.25) is 14.9 Å². The Hall–Kier alpha value is -1.86. The summed E-state index contributed by atoms with van der Waals surface area (Å²) < 4.78 is 0. The number of hydrogen-bond acceptors (Lipinski definition) is 5. The fourth-order valence-electron chi connectivity index (χ4n) is 3.58. The third-order valence-corrected chi connectivity index (χ3v) is 5.23. The summed E-state index contributed by atoms with van der Waals surface area (Å²) >= 11 is 0. The van der Waals surface area contributed by atoms with Gasteiger partial charge in [-0.1, -0.05) is 6.92 Å². The van der Waals surface area contributed by atoms with Crippen LogP contribution in [0.5, 0.6) is 0 Å². The smallest absolute Gasteiger partial charge is 0.293 e. The van der Waals surface area contributed by atoms with E-state index in [-0.39, 0.29) is 28.9 Å². The molecule has 8 heteroatoms. The second kappa shape index (κ2) is 9.19. The number of nitrogens with zero attached hydrogens (tertiary/aromatic N) is 2. The van der Waals surface area contributed by atoms with Crippen LogP contribution >= 0.6 is 12.4 Å². The summed E-state index contributed by atoms with van der Waals surface area (Å²) in [4.78, 5) is 25.5. The van der Waals surface area contributed by atoms with Gasteiger partial charge in [0.15, 0.2) is 0 Å². The minimum absolute atomic E-state index is 0. The minimum atomic E-state index is -0.386. The van der Waals surface area contributed by atoms with Gasteiger partial charge in [0.25, 0.3) is 11.6 Å². The summed E-state index contributed by atoms with van der Waals surface area (Å²) in [6, 6.07) is 5.12. The molecular weight excluding hydrogens is 356 g/mol. The molecule has 1 aromatic rings. The maximum atomic E-state index is 12.3. The summed E-state index contributed by atoms with van der Waals surface area (Å²) in [6.07, 6.45) is 4.24. The monoisotopic (exact) mass is 382 g/mol. The number of nitro groups is 1. The van der Waals surface area contributed by atoms with Crippen molar-refractivity contribution in [2.45, 2.75) is 38.6 Å². The molecule has 2 fully saturated rings. The van der Waals surface area contributed by atoms with Crippen molar-refractivity contribution in [3.05, 3.63) is 33.9 Å². The van der Waals surface area contributed by atoms with Crippen LogP contribution < -0.4 is 15.5 Å². The SMILES string of the molecule is CC1CCN(c2ccc(C(=O)NCC3CCCN3)cc2[N+](=O)[O-])CC1.Cl. The Balaban J connectivity index is 0.00000243. The number of nitrogens with one attached hydrogen (secondary N) is 2. The van der Waals surface area contributed by atoms with Crippen LogP contribution in [-0.4, -0.2) is 43.1 Å². The van der Waals surface area contributed by atoms with Crippen molar-refractivity contribution in [3.63, 3.8) is 0 Å². The van der Waals surface area contributed by atoms with Crippen LogP contribution in [0.1, 0.15) is 43.0 Å². The van der Waals surface area contributed by atoms with Gasteiger partial charge in [-0.15, -0.1) is 12.4 Å². The highest BCUT2D eigenvalue weighted by Gasteiger charge is 2.25. The van der Waals surface area contributed by atoms with Crippen molar-refractivity contribution in [3.8, 4) is 0 Å². The molecule has 144 valence electrons. The maximum Gasteiger partial charge on any atom is 0.293 e. The molecule has 2 N–H and O–H groups in total. The van der Waals surface area contributed by atoms with Crippen molar-refractivity contribution < 1.29 is 9.72 Å². The van der Waals surface area contributed by atoms with E-state index in [0.29, 0.717) is 29.8 Å². The average Bonchev–Trinajstić information content (AvgIpc) is 3.13. The lowest BCUT2D eigenvalue weighted by atomic mass is 9.98. The Morgan fingerprint density at radius 3 is 2.69 bits per heavy atom. The molecule has 0 radical (unpaired) electrons. The van der Waals surface area contributed by atoms with Crippen LogP contribution in [0.2, 0.25) is 0 Å². The standard InChI is InChI=1S/C18H26N4O3.ClH/c1-13-6-9-21(10-7-13)16-5-4-14(11-17(16)22(24)25)18(23)20-12-15-3-2-8-19-15;/h4-5,11,13,15,19H,2-3,6-10,12H2,1H3,(H,20,23);1H. The molecule has 0 spiro atoms. The highest BCUT2D eigenvalue weighted by atomic mass is 35.5. The van der Waals surface area contributed by atoms with Crippen molar-refractivity contribution in [1.29, 1.82) is 0 Å². The molecule has 26 heavy (non-hydrogen) atoms. The fraction of sp³-hybridized carbons (Fsp3) is 0.611. The van der Waals surface area contributed by atoms with E-state index in [0.717, 1.165) is 45.3 Å². The van der Waals surface area contributed by atoms with Gasteiger partial charge >= 0.3 is 0 Å². The first-order chi connectivity index (χ1) is 12.0. The number of benzene rings is 1. The Bertz CT molecular complexity index is 641. The largest absolute Gasteiger partial charge is 0.366 e. The van der Waals surface area contributed by atoms with Crippen molar-refractivity contribution in [1.82, 2.24) is 10.6 Å². The number of halogens is 1. The molecule has 1 amide bonds. The van der Waals surface area contributed by atoms with Crippen LogP contribution in [-0.2, 0) is 0 Å². The predicted octanol–water partition coefficient (Wildman–Crippen LogP) is 2.73. The summed E-state index contributed by atoms with van der Waals surface area (Å²) in [5, 5.41) is 17.7. The number of anilines is 1. The third-order valence-electron chi connectivity index (χ3n) is 5.23. The van der Waals surface area contributed by atoms with Gasteiger partial charge in [0, 0.05) is 37.3 Å². The molecule has 0 bridgehead atoms. The molecule has 0 aliphatic carbocycles. The Morgan fingerprint density at radius 2 is 2.08 bits per heavy atom. The minimum Gasteiger partial charge on any atom is -0.366 e. The molecule has 3 rings (SSSR count). The van der Waals surface area contributed by atoms with Gasteiger partial charge in [0.2, 0.25) is 0 Å². The molecule has 0 saturated carbocycles. The number of piperidine rings is 1. The van der Waals surface area contributed by atoms with Crippen LogP contribution in [0.25, 0.3) is 0 Å². The molecule has 1 aromatic carbocycles. The summed E-state index contributed by atoms with van der Waals surface area (Å²) in [5.41, 5.74) is 0.978. The van der Waals surface area contributed by atoms with Crippen molar-refractivity contribution in [2.75, 3.05) is 31.1 Å². The highest BCUT2D eigenvalue weighted by Crippen LogP contribution is 2.32. The van der Waals surface area contributed by atoms with E-state index < -0.39 is 0 Å². The zero-order valence-corrected chi connectivity index (χ0v) is 15.9. The molecule has 2 saturated heterocycles. The van der Waals surface area contributed by atoms with Crippen LogP contribution in [0.3, 0.4) is 0 Å². The first-order valence-electron chi connectivity index (χ1n) is 9.09.